The predicted octanol–water partition coefficient (Wildman–Crippen LogP) is 4.67. The minimum absolute atomic E-state index is 0.0392. The van der Waals surface area contributed by atoms with Crippen molar-refractivity contribution >= 4 is 11.8 Å². The number of alkyl halides is 1. The van der Waals surface area contributed by atoms with Crippen molar-refractivity contribution in [1.82, 2.24) is 0 Å². The molecule has 142 valence electrons. The van der Waals surface area contributed by atoms with Gasteiger partial charge in [-0.1, -0.05) is 35.9 Å². The number of hydrogen-bond donors (Lipinski definition) is 0. The highest BCUT2D eigenvalue weighted by molar-refractivity contribution is 6.18. The number of aryl methyl sites for hydroxylation is 2. The molecule has 0 bridgehead atoms. The van der Waals surface area contributed by atoms with Crippen LogP contribution in [0.5, 0.6) is 5.75 Å². The zero-order valence-electron chi connectivity index (χ0n) is 16.1. The zero-order chi connectivity index (χ0) is 20.0. The lowest BCUT2D eigenvalue weighted by Crippen LogP contribution is -2.54. The van der Waals surface area contributed by atoms with Gasteiger partial charge < -0.3 is 9.47 Å². The van der Waals surface area contributed by atoms with E-state index >= 15 is 4.39 Å². The van der Waals surface area contributed by atoms with Crippen molar-refractivity contribution in [3.63, 3.8) is 0 Å². The van der Waals surface area contributed by atoms with Crippen molar-refractivity contribution in [2.75, 3.05) is 0 Å². The third-order valence-corrected chi connectivity index (χ3v) is 4.39. The van der Waals surface area contributed by atoms with Gasteiger partial charge in [0.2, 0.25) is 5.78 Å². The number of rotatable bonds is 2. The molecule has 1 aliphatic rings. The number of ketones is 1. The van der Waals surface area contributed by atoms with Crippen molar-refractivity contribution < 1.29 is 23.5 Å². The number of hydrogen-bond acceptors (Lipinski definition) is 4. The second kappa shape index (κ2) is 6.48. The summed E-state index contributed by atoms with van der Waals surface area (Å²) in [4.78, 5) is 25.8. The molecule has 0 fully saturated rings. The molecule has 0 saturated heterocycles. The maximum absolute atomic E-state index is 16.2. The summed E-state index contributed by atoms with van der Waals surface area (Å²) < 4.78 is 27.3. The number of halogens is 1. The molecule has 0 saturated carbocycles. The third-order valence-electron chi connectivity index (χ3n) is 4.39. The number of Topliss-reactive ketones (excluding diaryl/α,β-unsaturated/α-hetero) is 1. The molecule has 4 nitrogen and oxygen atoms in total. The first-order valence-electron chi connectivity index (χ1n) is 8.83. The van der Waals surface area contributed by atoms with Crippen molar-refractivity contribution in [2.24, 2.45) is 0 Å². The van der Waals surface area contributed by atoms with Crippen LogP contribution in [0.3, 0.4) is 0 Å². The zero-order valence-corrected chi connectivity index (χ0v) is 16.1. The van der Waals surface area contributed by atoms with Crippen molar-refractivity contribution in [3.8, 4) is 5.75 Å². The maximum Gasteiger partial charge on any atom is 0.357 e. The highest BCUT2D eigenvalue weighted by Crippen LogP contribution is 2.45. The predicted molar refractivity (Wildman–Crippen MR) is 99.7 cm³/mol. The summed E-state index contributed by atoms with van der Waals surface area (Å²) in [5.41, 5.74) is -1.63. The van der Waals surface area contributed by atoms with Crippen LogP contribution >= 0.6 is 0 Å². The van der Waals surface area contributed by atoms with Gasteiger partial charge in [0.05, 0.1) is 5.56 Å². The Kier molecular flexibility index (Phi) is 4.58. The normalized spacial score (nSPS) is 22.0. The number of carbonyl (C=O) groups excluding carboxylic acids is 2. The van der Waals surface area contributed by atoms with Crippen LogP contribution in [0.25, 0.3) is 0 Å². The molecule has 2 aromatic rings. The fourth-order valence-corrected chi connectivity index (χ4v) is 3.03. The third kappa shape index (κ3) is 3.46. The van der Waals surface area contributed by atoms with E-state index in [1.807, 2.05) is 13.8 Å². The molecule has 27 heavy (non-hydrogen) atoms. The van der Waals surface area contributed by atoms with Gasteiger partial charge in [0.25, 0.3) is 0 Å². The van der Waals surface area contributed by atoms with Crippen LogP contribution in [0, 0.1) is 13.8 Å². The first kappa shape index (κ1) is 19.1. The van der Waals surface area contributed by atoms with Crippen LogP contribution in [0.2, 0.25) is 0 Å². The van der Waals surface area contributed by atoms with E-state index in [0.717, 1.165) is 11.1 Å². The minimum Gasteiger partial charge on any atom is -0.480 e. The molecule has 0 aliphatic carbocycles. The number of ether oxygens (including phenoxy) is 2. The molecule has 5 heteroatoms. The second-order valence-electron chi connectivity index (χ2n) is 7.95. The van der Waals surface area contributed by atoms with Gasteiger partial charge in [0.1, 0.15) is 11.4 Å². The molecule has 0 spiro atoms. The molecule has 0 aromatic heterocycles. The number of benzene rings is 2. The average Bonchev–Trinajstić information content (AvgIpc) is 2.57. The Bertz CT molecular complexity index is 896. The Morgan fingerprint density at radius 1 is 1.07 bits per heavy atom. The first-order valence-corrected chi connectivity index (χ1v) is 8.83. The molecular formula is C22H23FO4. The summed E-state index contributed by atoms with van der Waals surface area (Å²) in [5, 5.41) is 0. The molecule has 0 radical (unpaired) electrons. The van der Waals surface area contributed by atoms with Crippen LogP contribution in [0.15, 0.2) is 42.5 Å². The SMILES string of the molecule is Cc1ccc([C@H]2Oc3cc(C)ccc3C(=O)[C@@]2(F)C(=O)OC(C)(C)C)cc1. The van der Waals surface area contributed by atoms with Crippen LogP contribution in [-0.2, 0) is 9.53 Å². The number of fused-ring (bicyclic) bond motifs is 1. The van der Waals surface area contributed by atoms with E-state index in [1.54, 1.807) is 57.2 Å². The van der Waals surface area contributed by atoms with Crippen molar-refractivity contribution in [1.29, 1.82) is 0 Å². The Balaban J connectivity index is 2.16. The van der Waals surface area contributed by atoms with Crippen molar-refractivity contribution in [3.05, 3.63) is 64.7 Å². The topological polar surface area (TPSA) is 52.6 Å². The molecule has 0 unspecified atom stereocenters. The standard InChI is InChI=1S/C22H23FO4/c1-13-6-9-15(10-7-13)19-22(23,20(25)27-21(3,4)5)18(24)16-11-8-14(2)12-17(16)26-19/h6-12,19H,1-5H3/t19-,22+/m1/s1. The lowest BCUT2D eigenvalue weighted by Gasteiger charge is -2.37. The van der Waals surface area contributed by atoms with Gasteiger partial charge in [-0.2, -0.15) is 0 Å². The van der Waals surface area contributed by atoms with E-state index in [4.69, 9.17) is 9.47 Å². The minimum atomic E-state index is -2.97. The highest BCUT2D eigenvalue weighted by Gasteiger charge is 2.60. The van der Waals surface area contributed by atoms with E-state index in [0.29, 0.717) is 5.56 Å². The smallest absolute Gasteiger partial charge is 0.357 e. The summed E-state index contributed by atoms with van der Waals surface area (Å²) in [5.74, 6) is -1.91. The molecule has 2 atom stereocenters. The van der Waals surface area contributed by atoms with E-state index in [-0.39, 0.29) is 11.3 Å². The summed E-state index contributed by atoms with van der Waals surface area (Å²) in [6.07, 6.45) is -1.42. The van der Waals surface area contributed by atoms with Gasteiger partial charge in [-0.25, -0.2) is 9.18 Å². The molecule has 1 heterocycles. The highest BCUT2D eigenvalue weighted by atomic mass is 19.1. The van der Waals surface area contributed by atoms with Crippen LogP contribution in [0.4, 0.5) is 4.39 Å². The maximum atomic E-state index is 16.2. The number of esters is 1. The van der Waals surface area contributed by atoms with Crippen LogP contribution in [0.1, 0.15) is 53.9 Å². The number of carbonyl (C=O) groups is 2. The van der Waals surface area contributed by atoms with E-state index < -0.39 is 29.1 Å². The monoisotopic (exact) mass is 370 g/mol. The van der Waals surface area contributed by atoms with Gasteiger partial charge in [-0.15, -0.1) is 0 Å². The lowest BCUT2D eigenvalue weighted by molar-refractivity contribution is -0.172. The first-order chi connectivity index (χ1) is 12.5. The Morgan fingerprint density at radius 2 is 1.67 bits per heavy atom. The second-order valence-corrected chi connectivity index (χ2v) is 7.95. The Labute approximate surface area is 158 Å². The van der Waals surface area contributed by atoms with E-state index in [2.05, 4.69) is 0 Å². The van der Waals surface area contributed by atoms with Gasteiger partial charge in [0.15, 0.2) is 6.10 Å². The molecule has 0 amide bonds. The molecular weight excluding hydrogens is 347 g/mol. The van der Waals surface area contributed by atoms with Crippen molar-refractivity contribution in [2.45, 2.75) is 52.0 Å². The van der Waals surface area contributed by atoms with E-state index in [9.17, 15) is 9.59 Å². The Morgan fingerprint density at radius 3 is 2.26 bits per heavy atom. The summed E-state index contributed by atoms with van der Waals surface area (Å²) >= 11 is 0. The van der Waals surface area contributed by atoms with E-state index in [1.165, 1.54) is 6.07 Å². The molecule has 0 N–H and O–H groups in total. The summed E-state index contributed by atoms with van der Waals surface area (Å²) in [6, 6.07) is 11.7. The fraction of sp³-hybridized carbons (Fsp3) is 0.364. The van der Waals surface area contributed by atoms with Gasteiger partial charge in [0, 0.05) is 0 Å². The molecule has 2 aromatic carbocycles. The fourth-order valence-electron chi connectivity index (χ4n) is 3.03. The molecule has 1 aliphatic heterocycles. The van der Waals surface area contributed by atoms with Gasteiger partial charge in [-0.05, 0) is 57.9 Å². The summed E-state index contributed by atoms with van der Waals surface area (Å²) in [6.45, 7) is 8.62. The largest absolute Gasteiger partial charge is 0.480 e. The lowest BCUT2D eigenvalue weighted by atomic mass is 9.82. The van der Waals surface area contributed by atoms with Gasteiger partial charge in [-0.3, -0.25) is 4.79 Å². The Hall–Kier alpha value is -2.69. The quantitative estimate of drug-likeness (QED) is 0.569. The van der Waals surface area contributed by atoms with Crippen LogP contribution < -0.4 is 4.74 Å². The van der Waals surface area contributed by atoms with Crippen LogP contribution in [-0.4, -0.2) is 23.0 Å². The molecule has 3 rings (SSSR count). The summed E-state index contributed by atoms with van der Waals surface area (Å²) in [7, 11) is 0. The van der Waals surface area contributed by atoms with Gasteiger partial charge >= 0.3 is 11.6 Å². The average molecular weight is 370 g/mol.